The van der Waals surface area contributed by atoms with Crippen LogP contribution in [0.4, 0.5) is 0 Å². The van der Waals surface area contributed by atoms with E-state index in [1.165, 1.54) is 0 Å². The van der Waals surface area contributed by atoms with E-state index in [2.05, 4.69) is 16.3 Å². The van der Waals surface area contributed by atoms with Gasteiger partial charge in [-0.2, -0.15) is 0 Å². The first kappa shape index (κ1) is 19.9. The highest BCUT2D eigenvalue weighted by molar-refractivity contribution is 6.15. The summed E-state index contributed by atoms with van der Waals surface area (Å²) in [6.45, 7) is 0.444. The van der Waals surface area contributed by atoms with Crippen molar-refractivity contribution in [2.45, 2.75) is 6.61 Å². The summed E-state index contributed by atoms with van der Waals surface area (Å²) in [5.74, 6) is 2.60. The van der Waals surface area contributed by atoms with E-state index < -0.39 is 0 Å². The van der Waals surface area contributed by atoms with Crippen LogP contribution < -0.4 is 18.9 Å². The fourth-order valence-electron chi connectivity index (χ4n) is 3.92. The Kier molecular flexibility index (Phi) is 5.11. The molecule has 4 aromatic carbocycles. The summed E-state index contributed by atoms with van der Waals surface area (Å²) in [5.41, 5.74) is 2.61. The summed E-state index contributed by atoms with van der Waals surface area (Å²) in [5, 5.41) is 12.8. The van der Waals surface area contributed by atoms with Crippen molar-refractivity contribution >= 4 is 32.6 Å². The van der Waals surface area contributed by atoms with E-state index in [0.717, 1.165) is 38.1 Å². The van der Waals surface area contributed by atoms with Crippen LogP contribution in [0.5, 0.6) is 23.0 Å². The van der Waals surface area contributed by atoms with Gasteiger partial charge in [-0.3, -0.25) is 0 Å². The van der Waals surface area contributed by atoms with Gasteiger partial charge < -0.3 is 18.9 Å². The Morgan fingerprint density at radius 2 is 1.31 bits per heavy atom. The molecule has 1 heterocycles. The van der Waals surface area contributed by atoms with Crippen molar-refractivity contribution in [1.82, 2.24) is 10.2 Å². The predicted molar refractivity (Wildman–Crippen MR) is 125 cm³/mol. The molecule has 0 atom stereocenters. The van der Waals surface area contributed by atoms with Crippen LogP contribution in [-0.4, -0.2) is 31.5 Å². The minimum absolute atomic E-state index is 0.444. The third kappa shape index (κ3) is 3.39. The summed E-state index contributed by atoms with van der Waals surface area (Å²) in [4.78, 5) is 0. The zero-order valence-corrected chi connectivity index (χ0v) is 18.1. The minimum atomic E-state index is 0.444. The van der Waals surface area contributed by atoms with Gasteiger partial charge in [0.25, 0.3) is 0 Å². The van der Waals surface area contributed by atoms with Crippen LogP contribution in [0.2, 0.25) is 0 Å². The molecule has 0 aliphatic carbocycles. The van der Waals surface area contributed by atoms with Crippen molar-refractivity contribution in [3.63, 3.8) is 0 Å². The smallest absolute Gasteiger partial charge is 0.163 e. The molecule has 0 amide bonds. The van der Waals surface area contributed by atoms with Crippen molar-refractivity contribution in [3.8, 4) is 23.0 Å². The molecule has 0 N–H and O–H groups in total. The van der Waals surface area contributed by atoms with Gasteiger partial charge in [0, 0.05) is 22.2 Å². The first-order valence-corrected chi connectivity index (χ1v) is 10.2. The Bertz CT molecular complexity index is 1430. The number of methoxy groups -OCH3 is 3. The number of hydrogen-bond acceptors (Lipinski definition) is 6. The molecule has 0 fully saturated rings. The molecular formula is C26H22N2O4. The maximum absolute atomic E-state index is 6.12. The van der Waals surface area contributed by atoms with Gasteiger partial charge in [0.05, 0.1) is 26.8 Å². The zero-order valence-electron chi connectivity index (χ0n) is 18.1. The lowest BCUT2D eigenvalue weighted by Gasteiger charge is -2.14. The number of nitrogens with zero attached hydrogens (tertiary/aromatic N) is 2. The van der Waals surface area contributed by atoms with Gasteiger partial charge in [-0.05, 0) is 29.1 Å². The Hall–Kier alpha value is -4.06. The van der Waals surface area contributed by atoms with Crippen LogP contribution in [0.25, 0.3) is 32.6 Å². The van der Waals surface area contributed by atoms with Gasteiger partial charge in [-0.1, -0.05) is 42.5 Å². The largest absolute Gasteiger partial charge is 0.493 e. The highest BCUT2D eigenvalue weighted by Gasteiger charge is 2.15. The Morgan fingerprint density at radius 1 is 0.625 bits per heavy atom. The van der Waals surface area contributed by atoms with Gasteiger partial charge in [0.15, 0.2) is 23.0 Å². The maximum atomic E-state index is 6.12. The van der Waals surface area contributed by atoms with Crippen LogP contribution in [-0.2, 0) is 6.61 Å². The van der Waals surface area contributed by atoms with E-state index in [4.69, 9.17) is 18.9 Å². The number of fused-ring (bicyclic) bond motifs is 5. The van der Waals surface area contributed by atoms with Crippen molar-refractivity contribution in [1.29, 1.82) is 0 Å². The number of benzene rings is 4. The summed E-state index contributed by atoms with van der Waals surface area (Å²) < 4.78 is 22.6. The topological polar surface area (TPSA) is 62.7 Å². The Labute approximate surface area is 185 Å². The van der Waals surface area contributed by atoms with Crippen LogP contribution in [0, 0.1) is 0 Å². The van der Waals surface area contributed by atoms with Crippen LogP contribution in [0.1, 0.15) is 5.56 Å². The van der Waals surface area contributed by atoms with E-state index in [0.29, 0.717) is 29.6 Å². The summed E-state index contributed by atoms with van der Waals surface area (Å²) in [7, 11) is 4.87. The Balaban J connectivity index is 1.68. The fourth-order valence-corrected chi connectivity index (χ4v) is 3.92. The molecule has 0 bridgehead atoms. The fraction of sp³-hybridized carbons (Fsp3) is 0.154. The SMILES string of the molecule is COc1cc2ccc3c4cc(OCc5ccccc5)c(OC)cc4nnc3c2cc1OC. The molecule has 0 aliphatic rings. The molecule has 0 unspecified atom stereocenters. The van der Waals surface area contributed by atoms with Gasteiger partial charge in [0.1, 0.15) is 12.1 Å². The predicted octanol–water partition coefficient (Wildman–Crippen LogP) is 5.54. The normalized spacial score (nSPS) is 11.1. The molecule has 0 spiro atoms. The molecule has 0 saturated heterocycles. The maximum Gasteiger partial charge on any atom is 0.163 e. The molecule has 5 rings (SSSR count). The number of rotatable bonds is 6. The summed E-state index contributed by atoms with van der Waals surface area (Å²) >= 11 is 0. The highest BCUT2D eigenvalue weighted by Crippen LogP contribution is 2.39. The van der Waals surface area contributed by atoms with Gasteiger partial charge in [-0.15, -0.1) is 10.2 Å². The number of hydrogen-bond donors (Lipinski definition) is 0. The number of aromatic nitrogens is 2. The van der Waals surface area contributed by atoms with Gasteiger partial charge in [0.2, 0.25) is 0 Å². The van der Waals surface area contributed by atoms with Crippen LogP contribution >= 0.6 is 0 Å². The summed E-state index contributed by atoms with van der Waals surface area (Å²) in [6, 6.07) is 21.9. The first-order valence-electron chi connectivity index (χ1n) is 10.2. The molecule has 0 aliphatic heterocycles. The average molecular weight is 426 g/mol. The second kappa shape index (κ2) is 8.23. The average Bonchev–Trinajstić information content (AvgIpc) is 2.86. The zero-order chi connectivity index (χ0) is 22.1. The molecule has 0 saturated carbocycles. The standard InChI is InChI=1S/C26H22N2O4/c1-29-22-11-17-9-10-18-20-13-25(32-15-16-7-5-4-6-8-16)24(31-3)14-21(20)27-28-26(18)19(17)12-23(22)30-2/h4-14H,15H2,1-3H3. The molecule has 0 radical (unpaired) electrons. The lowest BCUT2D eigenvalue weighted by atomic mass is 10.0. The van der Waals surface area contributed by atoms with Crippen molar-refractivity contribution in [2.75, 3.05) is 21.3 Å². The van der Waals surface area contributed by atoms with Crippen molar-refractivity contribution in [3.05, 3.63) is 72.3 Å². The molecular weight excluding hydrogens is 404 g/mol. The lowest BCUT2D eigenvalue weighted by molar-refractivity contribution is 0.285. The molecule has 160 valence electrons. The third-order valence-corrected chi connectivity index (χ3v) is 5.56. The van der Waals surface area contributed by atoms with Crippen molar-refractivity contribution < 1.29 is 18.9 Å². The minimum Gasteiger partial charge on any atom is -0.493 e. The molecule has 5 aromatic rings. The van der Waals surface area contributed by atoms with Gasteiger partial charge in [-0.25, -0.2) is 0 Å². The van der Waals surface area contributed by atoms with E-state index in [9.17, 15) is 0 Å². The van der Waals surface area contributed by atoms with Gasteiger partial charge >= 0.3 is 0 Å². The number of ether oxygens (including phenoxy) is 4. The lowest BCUT2D eigenvalue weighted by Crippen LogP contribution is -1.99. The first-order chi connectivity index (χ1) is 15.7. The van der Waals surface area contributed by atoms with Crippen molar-refractivity contribution in [2.24, 2.45) is 0 Å². The van der Waals surface area contributed by atoms with E-state index in [1.54, 1.807) is 21.3 Å². The summed E-state index contributed by atoms with van der Waals surface area (Å²) in [6.07, 6.45) is 0. The second-order valence-electron chi connectivity index (χ2n) is 7.38. The molecule has 6 heteroatoms. The quantitative estimate of drug-likeness (QED) is 0.332. The molecule has 32 heavy (non-hydrogen) atoms. The van der Waals surface area contributed by atoms with E-state index >= 15 is 0 Å². The molecule has 6 nitrogen and oxygen atoms in total. The van der Waals surface area contributed by atoms with Crippen LogP contribution in [0.15, 0.2) is 66.7 Å². The van der Waals surface area contributed by atoms with E-state index in [1.807, 2.05) is 60.7 Å². The van der Waals surface area contributed by atoms with Crippen LogP contribution in [0.3, 0.4) is 0 Å². The Morgan fingerprint density at radius 3 is 2.06 bits per heavy atom. The third-order valence-electron chi connectivity index (χ3n) is 5.56. The highest BCUT2D eigenvalue weighted by atomic mass is 16.5. The molecule has 1 aromatic heterocycles. The monoisotopic (exact) mass is 426 g/mol. The second-order valence-corrected chi connectivity index (χ2v) is 7.38. The van der Waals surface area contributed by atoms with E-state index in [-0.39, 0.29) is 0 Å².